The molecule has 1 N–H and O–H groups in total. The van der Waals surface area contributed by atoms with Crippen molar-refractivity contribution >= 4 is 17.4 Å². The molecule has 0 bridgehead atoms. The van der Waals surface area contributed by atoms with Gasteiger partial charge in [0, 0.05) is 24.5 Å². The number of aromatic nitrogens is 1. The second kappa shape index (κ2) is 8.21. The summed E-state index contributed by atoms with van der Waals surface area (Å²) in [5, 5.41) is 11.0. The van der Waals surface area contributed by atoms with E-state index < -0.39 is 17.7 Å². The number of rotatable bonds is 5. The second-order valence-corrected chi connectivity index (χ2v) is 6.92. The number of nitrogens with zero attached hydrogens (tertiary/aromatic N) is 2. The van der Waals surface area contributed by atoms with Crippen LogP contribution in [-0.2, 0) is 16.1 Å². The SMILES string of the molecule is COc1ccc(C2C(=C(O)c3ccncc3)C(=O)C(=O)N2Cc2ccccc2)cc1. The van der Waals surface area contributed by atoms with E-state index in [4.69, 9.17) is 4.74 Å². The summed E-state index contributed by atoms with van der Waals surface area (Å²) in [4.78, 5) is 31.4. The Bertz CT molecular complexity index is 1090. The van der Waals surface area contributed by atoms with Gasteiger partial charge in [0.05, 0.1) is 18.7 Å². The summed E-state index contributed by atoms with van der Waals surface area (Å²) >= 11 is 0. The highest BCUT2D eigenvalue weighted by molar-refractivity contribution is 6.46. The van der Waals surface area contributed by atoms with Crippen molar-refractivity contribution in [1.29, 1.82) is 0 Å². The largest absolute Gasteiger partial charge is 0.507 e. The van der Waals surface area contributed by atoms with Crippen molar-refractivity contribution in [3.05, 3.63) is 101 Å². The number of aliphatic hydroxyl groups excluding tert-OH is 1. The Kier molecular flexibility index (Phi) is 5.30. The van der Waals surface area contributed by atoms with Gasteiger partial charge in [-0.15, -0.1) is 0 Å². The quantitative estimate of drug-likeness (QED) is 0.401. The molecule has 2 heterocycles. The number of carbonyl (C=O) groups is 2. The number of likely N-dealkylation sites (tertiary alicyclic amines) is 1. The van der Waals surface area contributed by atoms with E-state index in [2.05, 4.69) is 4.98 Å². The average molecular weight is 400 g/mol. The van der Waals surface area contributed by atoms with Gasteiger partial charge in [0.25, 0.3) is 11.7 Å². The lowest BCUT2D eigenvalue weighted by Gasteiger charge is -2.25. The summed E-state index contributed by atoms with van der Waals surface area (Å²) in [5.74, 6) is -0.906. The van der Waals surface area contributed by atoms with Crippen molar-refractivity contribution in [3.8, 4) is 5.75 Å². The van der Waals surface area contributed by atoms with E-state index in [1.54, 1.807) is 43.5 Å². The lowest BCUT2D eigenvalue weighted by molar-refractivity contribution is -0.140. The van der Waals surface area contributed by atoms with Crippen LogP contribution in [0.5, 0.6) is 5.75 Å². The molecule has 4 rings (SSSR count). The first kappa shape index (κ1) is 19.4. The Morgan fingerprint density at radius 1 is 1.00 bits per heavy atom. The molecule has 1 unspecified atom stereocenters. The summed E-state index contributed by atoms with van der Waals surface area (Å²) in [6.45, 7) is 0.245. The predicted molar refractivity (Wildman–Crippen MR) is 112 cm³/mol. The van der Waals surface area contributed by atoms with Crippen molar-refractivity contribution in [3.63, 3.8) is 0 Å². The van der Waals surface area contributed by atoms with Gasteiger partial charge in [0.1, 0.15) is 11.5 Å². The van der Waals surface area contributed by atoms with E-state index in [9.17, 15) is 14.7 Å². The molecule has 1 saturated heterocycles. The molecule has 0 radical (unpaired) electrons. The smallest absolute Gasteiger partial charge is 0.295 e. The normalized spacial score (nSPS) is 17.9. The zero-order valence-electron chi connectivity index (χ0n) is 16.4. The number of Topliss-reactive ketones (excluding diaryl/α,β-unsaturated/α-hetero) is 1. The molecule has 1 aliphatic rings. The van der Waals surface area contributed by atoms with Crippen LogP contribution >= 0.6 is 0 Å². The van der Waals surface area contributed by atoms with Crippen LogP contribution in [0.1, 0.15) is 22.7 Å². The first-order chi connectivity index (χ1) is 14.6. The zero-order chi connectivity index (χ0) is 21.1. The number of amides is 1. The molecule has 1 aromatic heterocycles. The third-order valence-electron chi connectivity index (χ3n) is 5.12. The number of hydrogen-bond acceptors (Lipinski definition) is 5. The highest BCUT2D eigenvalue weighted by Gasteiger charge is 2.46. The molecule has 0 saturated carbocycles. The van der Waals surface area contributed by atoms with E-state index in [1.165, 1.54) is 17.3 Å². The van der Waals surface area contributed by atoms with Crippen LogP contribution in [0.4, 0.5) is 0 Å². The van der Waals surface area contributed by atoms with Crippen LogP contribution < -0.4 is 4.74 Å². The number of pyridine rings is 1. The van der Waals surface area contributed by atoms with Gasteiger partial charge in [-0.25, -0.2) is 0 Å². The van der Waals surface area contributed by atoms with Gasteiger partial charge in [-0.1, -0.05) is 42.5 Å². The van der Waals surface area contributed by atoms with Crippen LogP contribution in [0, 0.1) is 0 Å². The minimum absolute atomic E-state index is 0.0623. The number of ether oxygens (including phenoxy) is 1. The Morgan fingerprint density at radius 2 is 1.67 bits per heavy atom. The fourth-order valence-electron chi connectivity index (χ4n) is 3.62. The fraction of sp³-hybridized carbons (Fsp3) is 0.125. The Balaban J connectivity index is 1.85. The summed E-state index contributed by atoms with van der Waals surface area (Å²) in [7, 11) is 1.57. The van der Waals surface area contributed by atoms with Crippen LogP contribution in [-0.4, -0.2) is 33.8 Å². The van der Waals surface area contributed by atoms with Gasteiger partial charge < -0.3 is 14.7 Å². The minimum atomic E-state index is -0.718. The lowest BCUT2D eigenvalue weighted by Crippen LogP contribution is -2.29. The van der Waals surface area contributed by atoms with Crippen molar-refractivity contribution in [2.45, 2.75) is 12.6 Å². The number of carbonyl (C=O) groups excluding carboxylic acids is 2. The standard InChI is InChI=1S/C24H20N2O4/c1-30-19-9-7-17(8-10-19)21-20(22(27)18-11-13-25-14-12-18)23(28)24(29)26(21)15-16-5-3-2-4-6-16/h2-14,21,27H,15H2,1H3. The van der Waals surface area contributed by atoms with E-state index in [0.29, 0.717) is 16.9 Å². The molecule has 1 aliphatic heterocycles. The van der Waals surface area contributed by atoms with E-state index in [0.717, 1.165) is 5.56 Å². The molecule has 30 heavy (non-hydrogen) atoms. The highest BCUT2D eigenvalue weighted by atomic mass is 16.5. The van der Waals surface area contributed by atoms with E-state index in [1.807, 2.05) is 30.3 Å². The molecule has 150 valence electrons. The number of hydrogen-bond donors (Lipinski definition) is 1. The summed E-state index contributed by atoms with van der Waals surface area (Å²) in [6.07, 6.45) is 3.05. The zero-order valence-corrected chi connectivity index (χ0v) is 16.4. The van der Waals surface area contributed by atoms with Crippen molar-refractivity contribution < 1.29 is 19.4 Å². The number of ketones is 1. The Morgan fingerprint density at radius 3 is 2.30 bits per heavy atom. The minimum Gasteiger partial charge on any atom is -0.507 e. The molecule has 1 fully saturated rings. The molecule has 1 atom stereocenters. The Hall–Kier alpha value is -3.93. The predicted octanol–water partition coefficient (Wildman–Crippen LogP) is 3.71. The summed E-state index contributed by atoms with van der Waals surface area (Å²) < 4.78 is 5.22. The molecular formula is C24H20N2O4. The highest BCUT2D eigenvalue weighted by Crippen LogP contribution is 2.40. The monoisotopic (exact) mass is 400 g/mol. The number of methoxy groups -OCH3 is 1. The molecule has 6 nitrogen and oxygen atoms in total. The van der Waals surface area contributed by atoms with Gasteiger partial charge in [-0.05, 0) is 35.4 Å². The topological polar surface area (TPSA) is 79.7 Å². The van der Waals surface area contributed by atoms with Gasteiger partial charge in [0.2, 0.25) is 0 Å². The fourth-order valence-corrected chi connectivity index (χ4v) is 3.62. The van der Waals surface area contributed by atoms with Crippen molar-refractivity contribution in [2.75, 3.05) is 7.11 Å². The lowest BCUT2D eigenvalue weighted by atomic mass is 9.95. The van der Waals surface area contributed by atoms with Crippen LogP contribution in [0.3, 0.4) is 0 Å². The second-order valence-electron chi connectivity index (χ2n) is 6.92. The third-order valence-corrected chi connectivity index (χ3v) is 5.12. The summed E-state index contributed by atoms with van der Waals surface area (Å²) in [5.41, 5.74) is 2.09. The van der Waals surface area contributed by atoms with Crippen LogP contribution in [0.2, 0.25) is 0 Å². The van der Waals surface area contributed by atoms with Gasteiger partial charge in [-0.3, -0.25) is 14.6 Å². The van der Waals surface area contributed by atoms with E-state index in [-0.39, 0.29) is 17.9 Å². The van der Waals surface area contributed by atoms with Gasteiger partial charge in [-0.2, -0.15) is 0 Å². The maximum atomic E-state index is 13.0. The number of benzene rings is 2. The third kappa shape index (κ3) is 3.55. The van der Waals surface area contributed by atoms with Gasteiger partial charge in [0.15, 0.2) is 0 Å². The Labute approximate surface area is 174 Å². The van der Waals surface area contributed by atoms with Crippen LogP contribution in [0.25, 0.3) is 5.76 Å². The van der Waals surface area contributed by atoms with Crippen molar-refractivity contribution in [2.24, 2.45) is 0 Å². The van der Waals surface area contributed by atoms with Crippen molar-refractivity contribution in [1.82, 2.24) is 9.88 Å². The molecule has 1 amide bonds. The average Bonchev–Trinajstić information content (AvgIpc) is 3.05. The molecule has 6 heteroatoms. The summed E-state index contributed by atoms with van der Waals surface area (Å²) in [6, 6.07) is 19.1. The molecule has 3 aromatic rings. The van der Waals surface area contributed by atoms with Gasteiger partial charge >= 0.3 is 0 Å². The first-order valence-corrected chi connectivity index (χ1v) is 9.47. The molecule has 2 aromatic carbocycles. The molecular weight excluding hydrogens is 380 g/mol. The maximum Gasteiger partial charge on any atom is 0.295 e. The molecule has 0 spiro atoms. The first-order valence-electron chi connectivity index (χ1n) is 9.47. The maximum absolute atomic E-state index is 13.0. The molecule has 0 aliphatic carbocycles. The van der Waals surface area contributed by atoms with E-state index >= 15 is 0 Å². The van der Waals surface area contributed by atoms with Crippen LogP contribution in [0.15, 0.2) is 84.7 Å². The number of aliphatic hydroxyl groups is 1.